The van der Waals surface area contributed by atoms with Crippen LogP contribution in [0.15, 0.2) is 43.0 Å². The lowest BCUT2D eigenvalue weighted by atomic mass is 9.77. The van der Waals surface area contributed by atoms with Crippen LogP contribution in [-0.4, -0.2) is 47.5 Å². The molecule has 1 aromatic carbocycles. The molecule has 0 bridgehead atoms. The molecule has 0 N–H and O–H groups in total. The zero-order chi connectivity index (χ0) is 18.0. The highest BCUT2D eigenvalue weighted by Crippen LogP contribution is 2.43. The Labute approximate surface area is 153 Å². The molecule has 2 saturated heterocycles. The molecule has 6 heteroatoms. The molecule has 0 atom stereocenters. The maximum absolute atomic E-state index is 13.1. The number of anilines is 1. The van der Waals surface area contributed by atoms with Crippen LogP contribution in [0.25, 0.3) is 0 Å². The maximum atomic E-state index is 13.1. The molecule has 2 fully saturated rings. The molecular formula is C20H24N4O2. The van der Waals surface area contributed by atoms with Crippen LogP contribution in [0.2, 0.25) is 0 Å². The third-order valence-electron chi connectivity index (χ3n) is 5.75. The second kappa shape index (κ2) is 7.03. The van der Waals surface area contributed by atoms with Crippen LogP contribution in [0.5, 0.6) is 5.75 Å². The van der Waals surface area contributed by atoms with Gasteiger partial charge in [0.15, 0.2) is 0 Å². The van der Waals surface area contributed by atoms with Gasteiger partial charge in [-0.3, -0.25) is 9.69 Å². The molecule has 136 valence electrons. The summed E-state index contributed by atoms with van der Waals surface area (Å²) in [5.41, 5.74) is 1.89. The van der Waals surface area contributed by atoms with E-state index < -0.39 is 0 Å². The quantitative estimate of drug-likeness (QED) is 0.846. The van der Waals surface area contributed by atoms with E-state index in [0.717, 1.165) is 56.9 Å². The van der Waals surface area contributed by atoms with E-state index in [9.17, 15) is 4.79 Å². The molecule has 2 aliphatic heterocycles. The van der Waals surface area contributed by atoms with Crippen molar-refractivity contribution in [2.75, 3.05) is 31.6 Å². The zero-order valence-corrected chi connectivity index (χ0v) is 15.1. The van der Waals surface area contributed by atoms with E-state index in [2.05, 4.69) is 27.0 Å². The summed E-state index contributed by atoms with van der Waals surface area (Å²) in [6.07, 6.45) is 7.72. The Morgan fingerprint density at radius 2 is 1.69 bits per heavy atom. The van der Waals surface area contributed by atoms with Crippen molar-refractivity contribution in [1.29, 1.82) is 0 Å². The first-order valence-corrected chi connectivity index (χ1v) is 9.12. The summed E-state index contributed by atoms with van der Waals surface area (Å²) >= 11 is 0. The fraction of sp³-hybridized carbons (Fsp3) is 0.450. The summed E-state index contributed by atoms with van der Waals surface area (Å²) in [5.74, 6) is 1.13. The van der Waals surface area contributed by atoms with Gasteiger partial charge in [-0.05, 0) is 50.0 Å². The molecule has 1 amide bonds. The van der Waals surface area contributed by atoms with Crippen LogP contribution in [0.3, 0.4) is 0 Å². The van der Waals surface area contributed by atoms with Crippen molar-refractivity contribution in [2.45, 2.75) is 25.8 Å². The summed E-state index contributed by atoms with van der Waals surface area (Å²) in [6, 6.07) is 8.23. The summed E-state index contributed by atoms with van der Waals surface area (Å²) in [6.45, 7) is 3.60. The number of aromatic nitrogens is 2. The van der Waals surface area contributed by atoms with E-state index in [0.29, 0.717) is 0 Å². The molecule has 2 aromatic rings. The third kappa shape index (κ3) is 3.17. The Kier molecular flexibility index (Phi) is 4.59. The number of likely N-dealkylation sites (tertiary alicyclic amines) is 1. The number of amides is 1. The minimum atomic E-state index is -0.202. The largest absolute Gasteiger partial charge is 0.497 e. The smallest absolute Gasteiger partial charge is 0.233 e. The highest BCUT2D eigenvalue weighted by Gasteiger charge is 2.48. The first-order chi connectivity index (χ1) is 12.7. The number of piperidine rings is 1. The molecule has 6 nitrogen and oxygen atoms in total. The molecule has 4 rings (SSSR count). The Bertz CT molecular complexity index is 755. The van der Waals surface area contributed by atoms with E-state index in [4.69, 9.17) is 4.74 Å². The average Bonchev–Trinajstić information content (AvgIpc) is 3.01. The van der Waals surface area contributed by atoms with Crippen LogP contribution in [-0.2, 0) is 11.3 Å². The zero-order valence-electron chi connectivity index (χ0n) is 15.1. The van der Waals surface area contributed by atoms with Crippen molar-refractivity contribution in [2.24, 2.45) is 5.41 Å². The van der Waals surface area contributed by atoms with Crippen LogP contribution >= 0.6 is 0 Å². The highest BCUT2D eigenvalue weighted by molar-refractivity contribution is 5.99. The molecule has 1 aromatic heterocycles. The lowest BCUT2D eigenvalue weighted by molar-refractivity contribution is -0.128. The molecule has 1 spiro atoms. The number of rotatable bonds is 4. The second-order valence-electron chi connectivity index (χ2n) is 7.21. The van der Waals surface area contributed by atoms with E-state index >= 15 is 0 Å². The predicted molar refractivity (Wildman–Crippen MR) is 98.9 cm³/mol. The SMILES string of the molecule is COc1ccc(CN2CCC3(CC2)CCN(c2cncnc2)C3=O)cc1. The number of carbonyl (C=O) groups excluding carboxylic acids is 1. The van der Waals surface area contributed by atoms with Crippen molar-refractivity contribution in [3.63, 3.8) is 0 Å². The summed E-state index contributed by atoms with van der Waals surface area (Å²) in [4.78, 5) is 25.4. The van der Waals surface area contributed by atoms with Gasteiger partial charge in [0, 0.05) is 13.1 Å². The highest BCUT2D eigenvalue weighted by atomic mass is 16.5. The third-order valence-corrected chi connectivity index (χ3v) is 5.75. The van der Waals surface area contributed by atoms with E-state index in [-0.39, 0.29) is 11.3 Å². The minimum Gasteiger partial charge on any atom is -0.497 e. The van der Waals surface area contributed by atoms with E-state index in [1.165, 1.54) is 11.9 Å². The lowest BCUT2D eigenvalue weighted by Crippen LogP contribution is -2.44. The molecule has 0 saturated carbocycles. The van der Waals surface area contributed by atoms with Gasteiger partial charge < -0.3 is 9.64 Å². The Morgan fingerprint density at radius 3 is 2.35 bits per heavy atom. The van der Waals surface area contributed by atoms with Gasteiger partial charge in [-0.1, -0.05) is 12.1 Å². The van der Waals surface area contributed by atoms with Crippen LogP contribution in [0.1, 0.15) is 24.8 Å². The summed E-state index contributed by atoms with van der Waals surface area (Å²) < 4.78 is 5.22. The number of hydrogen-bond donors (Lipinski definition) is 0. The monoisotopic (exact) mass is 352 g/mol. The number of hydrogen-bond acceptors (Lipinski definition) is 5. The molecule has 26 heavy (non-hydrogen) atoms. The van der Waals surface area contributed by atoms with Crippen LogP contribution in [0, 0.1) is 5.41 Å². The Morgan fingerprint density at radius 1 is 1.04 bits per heavy atom. The van der Waals surface area contributed by atoms with Crippen LogP contribution in [0.4, 0.5) is 5.69 Å². The van der Waals surface area contributed by atoms with Crippen molar-refractivity contribution < 1.29 is 9.53 Å². The molecule has 0 radical (unpaired) electrons. The van der Waals surface area contributed by atoms with Gasteiger partial charge in [-0.15, -0.1) is 0 Å². The first kappa shape index (κ1) is 17.0. The Balaban J connectivity index is 1.37. The van der Waals surface area contributed by atoms with Crippen molar-refractivity contribution in [1.82, 2.24) is 14.9 Å². The second-order valence-corrected chi connectivity index (χ2v) is 7.21. The van der Waals surface area contributed by atoms with Crippen molar-refractivity contribution in [3.8, 4) is 5.75 Å². The molecule has 0 unspecified atom stereocenters. The van der Waals surface area contributed by atoms with Crippen LogP contribution < -0.4 is 9.64 Å². The topological polar surface area (TPSA) is 58.6 Å². The van der Waals surface area contributed by atoms with Gasteiger partial charge >= 0.3 is 0 Å². The summed E-state index contributed by atoms with van der Waals surface area (Å²) in [5, 5.41) is 0. The lowest BCUT2D eigenvalue weighted by Gasteiger charge is -2.38. The van der Waals surface area contributed by atoms with Gasteiger partial charge in [0.25, 0.3) is 0 Å². The number of benzene rings is 1. The predicted octanol–water partition coefficient (Wildman–Crippen LogP) is 2.50. The van der Waals surface area contributed by atoms with Gasteiger partial charge in [-0.2, -0.15) is 0 Å². The minimum absolute atomic E-state index is 0.202. The van der Waals surface area contributed by atoms with Gasteiger partial charge in [0.2, 0.25) is 5.91 Å². The number of nitrogens with zero attached hydrogens (tertiary/aromatic N) is 4. The standard InChI is InChI=1S/C20H24N4O2/c1-26-18-4-2-16(3-5-18)14-23-9-6-20(7-10-23)8-11-24(19(20)25)17-12-21-15-22-13-17/h2-5,12-13,15H,6-11,14H2,1H3. The van der Waals surface area contributed by atoms with Gasteiger partial charge in [0.05, 0.1) is 30.6 Å². The molecule has 2 aliphatic rings. The first-order valence-electron chi connectivity index (χ1n) is 9.12. The number of ether oxygens (including phenoxy) is 1. The summed E-state index contributed by atoms with van der Waals surface area (Å²) in [7, 11) is 1.68. The fourth-order valence-corrected chi connectivity index (χ4v) is 4.09. The fourth-order valence-electron chi connectivity index (χ4n) is 4.09. The van der Waals surface area contributed by atoms with Gasteiger partial charge in [0.1, 0.15) is 12.1 Å². The van der Waals surface area contributed by atoms with E-state index in [1.54, 1.807) is 19.5 Å². The molecule has 0 aliphatic carbocycles. The normalized spacial score (nSPS) is 19.9. The molecule has 3 heterocycles. The average molecular weight is 352 g/mol. The van der Waals surface area contributed by atoms with E-state index in [1.807, 2.05) is 17.0 Å². The Hall–Kier alpha value is -2.47. The number of methoxy groups -OCH3 is 1. The maximum Gasteiger partial charge on any atom is 0.233 e. The molecular weight excluding hydrogens is 328 g/mol. The van der Waals surface area contributed by atoms with Gasteiger partial charge in [-0.25, -0.2) is 9.97 Å². The number of carbonyl (C=O) groups is 1. The van der Waals surface area contributed by atoms with Crippen molar-refractivity contribution >= 4 is 11.6 Å². The van der Waals surface area contributed by atoms with Crippen molar-refractivity contribution in [3.05, 3.63) is 48.5 Å².